The lowest BCUT2D eigenvalue weighted by Crippen LogP contribution is -2.48. The molecule has 3 heteroatoms. The minimum absolute atomic E-state index is 0.109. The predicted molar refractivity (Wildman–Crippen MR) is 62.0 cm³/mol. The zero-order valence-corrected chi connectivity index (χ0v) is 10.0. The van der Waals surface area contributed by atoms with Crippen LogP contribution in [0.4, 0.5) is 0 Å². The molecule has 2 fully saturated rings. The Morgan fingerprint density at radius 2 is 2.33 bits per heavy atom. The quantitative estimate of drug-likeness (QED) is 0.713. The van der Waals surface area contributed by atoms with Gasteiger partial charge in [0.25, 0.3) is 0 Å². The van der Waals surface area contributed by atoms with Gasteiger partial charge in [0.05, 0.1) is 5.60 Å². The fourth-order valence-electron chi connectivity index (χ4n) is 2.42. The topological polar surface area (TPSA) is 33.3 Å². The first-order valence-corrected chi connectivity index (χ1v) is 6.25. The number of rotatable bonds is 5. The lowest BCUT2D eigenvalue weighted by atomic mass is 9.89. The van der Waals surface area contributed by atoms with E-state index in [1.54, 1.807) is 0 Å². The van der Waals surface area contributed by atoms with Crippen molar-refractivity contribution in [2.75, 3.05) is 32.8 Å². The third kappa shape index (κ3) is 2.92. The van der Waals surface area contributed by atoms with Crippen molar-refractivity contribution in [2.45, 2.75) is 32.3 Å². The molecule has 2 heterocycles. The summed E-state index contributed by atoms with van der Waals surface area (Å²) >= 11 is 0. The molecule has 2 unspecified atom stereocenters. The highest BCUT2D eigenvalue weighted by molar-refractivity contribution is 4.84. The molecule has 2 saturated heterocycles. The second-order valence-electron chi connectivity index (χ2n) is 5.43. The lowest BCUT2D eigenvalue weighted by molar-refractivity contribution is 0.0197. The third-order valence-corrected chi connectivity index (χ3v) is 3.88. The molecule has 2 rings (SSSR count). The minimum Gasteiger partial charge on any atom is -0.374 e. The molecule has 0 radical (unpaired) electrons. The van der Waals surface area contributed by atoms with Crippen LogP contribution in [0.5, 0.6) is 0 Å². The van der Waals surface area contributed by atoms with E-state index in [0.717, 1.165) is 31.5 Å². The highest BCUT2D eigenvalue weighted by Gasteiger charge is 2.30. The summed E-state index contributed by atoms with van der Waals surface area (Å²) in [6, 6.07) is 0. The number of hydrogen-bond donors (Lipinski definition) is 2. The fourth-order valence-corrected chi connectivity index (χ4v) is 2.42. The van der Waals surface area contributed by atoms with Crippen LogP contribution in [0, 0.1) is 11.8 Å². The van der Waals surface area contributed by atoms with Crippen molar-refractivity contribution in [3.05, 3.63) is 0 Å². The van der Waals surface area contributed by atoms with E-state index in [9.17, 15) is 0 Å². The van der Waals surface area contributed by atoms with Crippen LogP contribution in [0.1, 0.15) is 26.7 Å². The zero-order valence-electron chi connectivity index (χ0n) is 10.0. The molecule has 0 aromatic heterocycles. The Balaban J connectivity index is 1.61. The van der Waals surface area contributed by atoms with Gasteiger partial charge in [-0.25, -0.2) is 0 Å². The van der Waals surface area contributed by atoms with Gasteiger partial charge in [-0.1, -0.05) is 6.92 Å². The molecule has 0 aliphatic carbocycles. The number of nitrogens with one attached hydrogen (secondary N) is 2. The smallest absolute Gasteiger partial charge is 0.0779 e. The van der Waals surface area contributed by atoms with E-state index in [-0.39, 0.29) is 5.60 Å². The number of hydrogen-bond acceptors (Lipinski definition) is 3. The fraction of sp³-hybridized carbons (Fsp3) is 1.00. The molecule has 0 aromatic rings. The molecule has 2 atom stereocenters. The van der Waals surface area contributed by atoms with E-state index in [0.29, 0.717) is 0 Å². The molecule has 0 saturated carbocycles. The number of ether oxygens (including phenoxy) is 1. The Morgan fingerprint density at radius 1 is 1.53 bits per heavy atom. The van der Waals surface area contributed by atoms with Gasteiger partial charge < -0.3 is 15.4 Å². The zero-order chi connectivity index (χ0) is 10.7. The molecule has 2 N–H and O–H groups in total. The summed E-state index contributed by atoms with van der Waals surface area (Å²) in [6.07, 6.45) is 2.43. The monoisotopic (exact) mass is 212 g/mol. The van der Waals surface area contributed by atoms with Crippen LogP contribution in [-0.2, 0) is 4.74 Å². The average molecular weight is 212 g/mol. The Labute approximate surface area is 93.0 Å². The highest BCUT2D eigenvalue weighted by atomic mass is 16.5. The Bertz CT molecular complexity index is 198. The van der Waals surface area contributed by atoms with Crippen molar-refractivity contribution in [3.63, 3.8) is 0 Å². The second kappa shape index (κ2) is 4.81. The molecular weight excluding hydrogens is 188 g/mol. The molecule has 2 aliphatic rings. The van der Waals surface area contributed by atoms with E-state index < -0.39 is 0 Å². The van der Waals surface area contributed by atoms with Gasteiger partial charge in [-0.05, 0) is 51.2 Å². The first-order valence-electron chi connectivity index (χ1n) is 6.25. The first kappa shape index (κ1) is 11.4. The predicted octanol–water partition coefficient (Wildman–Crippen LogP) is 1.00. The molecular formula is C12H24N2O. The van der Waals surface area contributed by atoms with Crippen LogP contribution in [0.15, 0.2) is 0 Å². The summed E-state index contributed by atoms with van der Waals surface area (Å²) in [4.78, 5) is 0. The van der Waals surface area contributed by atoms with Gasteiger partial charge in [0.1, 0.15) is 0 Å². The molecule has 2 aliphatic heterocycles. The lowest BCUT2D eigenvalue weighted by Gasteiger charge is -2.33. The van der Waals surface area contributed by atoms with E-state index in [1.165, 1.54) is 25.9 Å². The van der Waals surface area contributed by atoms with Gasteiger partial charge in [0.2, 0.25) is 0 Å². The molecule has 0 aromatic carbocycles. The maximum absolute atomic E-state index is 5.75. The van der Waals surface area contributed by atoms with E-state index in [4.69, 9.17) is 4.74 Å². The summed E-state index contributed by atoms with van der Waals surface area (Å²) in [5.41, 5.74) is 0.109. The summed E-state index contributed by atoms with van der Waals surface area (Å²) in [7, 11) is 0. The SMILES string of the molecule is CC(CNCC1(C)CCCO1)C1CNC1. The Kier molecular flexibility index (Phi) is 3.65. The summed E-state index contributed by atoms with van der Waals surface area (Å²) in [5.74, 6) is 1.67. The maximum Gasteiger partial charge on any atom is 0.0779 e. The van der Waals surface area contributed by atoms with E-state index >= 15 is 0 Å². The van der Waals surface area contributed by atoms with Crippen LogP contribution >= 0.6 is 0 Å². The molecule has 15 heavy (non-hydrogen) atoms. The third-order valence-electron chi connectivity index (χ3n) is 3.88. The van der Waals surface area contributed by atoms with Crippen LogP contribution in [0.3, 0.4) is 0 Å². The highest BCUT2D eigenvalue weighted by Crippen LogP contribution is 2.24. The van der Waals surface area contributed by atoms with Crippen LogP contribution in [0.25, 0.3) is 0 Å². The molecule has 88 valence electrons. The Hall–Kier alpha value is -0.120. The summed E-state index contributed by atoms with van der Waals surface area (Å²) in [5, 5.41) is 6.89. The normalized spacial score (nSPS) is 34.0. The molecule has 0 amide bonds. The van der Waals surface area contributed by atoms with Crippen molar-refractivity contribution in [3.8, 4) is 0 Å². The van der Waals surface area contributed by atoms with Crippen molar-refractivity contribution in [1.29, 1.82) is 0 Å². The standard InChI is InChI=1S/C12H24N2O/c1-10(11-7-13-8-11)6-14-9-12(2)4-3-5-15-12/h10-11,13-14H,3-9H2,1-2H3. The van der Waals surface area contributed by atoms with E-state index in [2.05, 4.69) is 24.5 Å². The average Bonchev–Trinajstić information content (AvgIpc) is 2.49. The molecule has 0 bridgehead atoms. The summed E-state index contributed by atoms with van der Waals surface area (Å²) < 4.78 is 5.75. The summed E-state index contributed by atoms with van der Waals surface area (Å²) in [6.45, 7) is 10.1. The molecule has 0 spiro atoms. The molecule has 3 nitrogen and oxygen atoms in total. The minimum atomic E-state index is 0.109. The van der Waals surface area contributed by atoms with Crippen LogP contribution < -0.4 is 10.6 Å². The Morgan fingerprint density at radius 3 is 2.87 bits per heavy atom. The maximum atomic E-state index is 5.75. The van der Waals surface area contributed by atoms with Gasteiger partial charge in [0.15, 0.2) is 0 Å². The van der Waals surface area contributed by atoms with Gasteiger partial charge >= 0.3 is 0 Å². The van der Waals surface area contributed by atoms with Gasteiger partial charge in [-0.3, -0.25) is 0 Å². The second-order valence-corrected chi connectivity index (χ2v) is 5.43. The van der Waals surface area contributed by atoms with Crippen molar-refractivity contribution < 1.29 is 4.74 Å². The van der Waals surface area contributed by atoms with Crippen molar-refractivity contribution in [2.24, 2.45) is 11.8 Å². The van der Waals surface area contributed by atoms with Crippen molar-refractivity contribution >= 4 is 0 Å². The van der Waals surface area contributed by atoms with Crippen LogP contribution in [-0.4, -0.2) is 38.4 Å². The van der Waals surface area contributed by atoms with Gasteiger partial charge in [0, 0.05) is 13.2 Å². The van der Waals surface area contributed by atoms with Gasteiger partial charge in [-0.15, -0.1) is 0 Å². The van der Waals surface area contributed by atoms with E-state index in [1.807, 2.05) is 0 Å². The van der Waals surface area contributed by atoms with Crippen LogP contribution in [0.2, 0.25) is 0 Å². The largest absolute Gasteiger partial charge is 0.374 e. The van der Waals surface area contributed by atoms with Crippen molar-refractivity contribution in [1.82, 2.24) is 10.6 Å². The first-order chi connectivity index (χ1) is 7.20. The van der Waals surface area contributed by atoms with Gasteiger partial charge in [-0.2, -0.15) is 0 Å².